The van der Waals surface area contributed by atoms with Gasteiger partial charge in [-0.1, -0.05) is 25.1 Å². The zero-order valence-corrected chi connectivity index (χ0v) is 13.0. The van der Waals surface area contributed by atoms with Gasteiger partial charge in [0.1, 0.15) is 5.75 Å². The molecule has 3 rings (SSSR count). The molecule has 0 amide bonds. The number of fused-ring (bicyclic) bond motifs is 1. The van der Waals surface area contributed by atoms with E-state index < -0.39 is 5.60 Å². The SMILES string of the molecule is CC1CCC(O)(CNCC2CCOc3ccccc32)CC1. The molecule has 1 aromatic carbocycles. The van der Waals surface area contributed by atoms with E-state index in [1.54, 1.807) is 0 Å². The Bertz CT molecular complexity index is 466. The molecule has 3 nitrogen and oxygen atoms in total. The molecular formula is C18H27NO2. The topological polar surface area (TPSA) is 41.5 Å². The van der Waals surface area contributed by atoms with Gasteiger partial charge in [0.05, 0.1) is 12.2 Å². The van der Waals surface area contributed by atoms with E-state index >= 15 is 0 Å². The Kier molecular flexibility index (Phi) is 4.51. The second-order valence-electron chi connectivity index (χ2n) is 6.91. The van der Waals surface area contributed by atoms with Crippen LogP contribution in [0.4, 0.5) is 0 Å². The van der Waals surface area contributed by atoms with Gasteiger partial charge in [-0.15, -0.1) is 0 Å². The lowest BCUT2D eigenvalue weighted by molar-refractivity contribution is -0.00632. The first kappa shape index (κ1) is 14.9. The number of benzene rings is 1. The molecular weight excluding hydrogens is 262 g/mol. The van der Waals surface area contributed by atoms with Crippen LogP contribution in [0.25, 0.3) is 0 Å². The van der Waals surface area contributed by atoms with Crippen molar-refractivity contribution in [2.45, 2.75) is 50.5 Å². The Morgan fingerprint density at radius 1 is 1.24 bits per heavy atom. The maximum Gasteiger partial charge on any atom is 0.122 e. The average Bonchev–Trinajstić information content (AvgIpc) is 2.51. The third kappa shape index (κ3) is 3.58. The first-order valence-corrected chi connectivity index (χ1v) is 8.31. The van der Waals surface area contributed by atoms with Crippen LogP contribution in [0, 0.1) is 5.92 Å². The predicted molar refractivity (Wildman–Crippen MR) is 84.7 cm³/mol. The van der Waals surface area contributed by atoms with Crippen LogP contribution in [0.5, 0.6) is 5.75 Å². The molecule has 1 fully saturated rings. The third-order valence-electron chi connectivity index (χ3n) is 5.13. The van der Waals surface area contributed by atoms with E-state index in [2.05, 4.69) is 30.4 Å². The number of hydrogen-bond acceptors (Lipinski definition) is 3. The summed E-state index contributed by atoms with van der Waals surface area (Å²) in [4.78, 5) is 0. The molecule has 1 aliphatic carbocycles. The summed E-state index contributed by atoms with van der Waals surface area (Å²) in [6.07, 6.45) is 5.23. The summed E-state index contributed by atoms with van der Waals surface area (Å²) < 4.78 is 5.70. The van der Waals surface area contributed by atoms with Gasteiger partial charge in [-0.3, -0.25) is 0 Å². The largest absolute Gasteiger partial charge is 0.493 e. The van der Waals surface area contributed by atoms with Crippen molar-refractivity contribution in [2.75, 3.05) is 19.7 Å². The zero-order valence-electron chi connectivity index (χ0n) is 13.0. The molecule has 1 atom stereocenters. The fourth-order valence-corrected chi connectivity index (χ4v) is 3.58. The molecule has 1 heterocycles. The first-order valence-electron chi connectivity index (χ1n) is 8.31. The summed E-state index contributed by atoms with van der Waals surface area (Å²) in [5.41, 5.74) is 0.817. The minimum atomic E-state index is -0.489. The van der Waals surface area contributed by atoms with Crippen LogP contribution < -0.4 is 10.1 Å². The highest BCUT2D eigenvalue weighted by molar-refractivity contribution is 5.37. The van der Waals surface area contributed by atoms with Crippen molar-refractivity contribution in [3.8, 4) is 5.75 Å². The number of rotatable bonds is 4. The molecule has 0 aromatic heterocycles. The van der Waals surface area contributed by atoms with Gasteiger partial charge in [0.2, 0.25) is 0 Å². The van der Waals surface area contributed by atoms with Gasteiger partial charge in [0.25, 0.3) is 0 Å². The molecule has 2 aliphatic rings. The third-order valence-corrected chi connectivity index (χ3v) is 5.13. The number of hydrogen-bond donors (Lipinski definition) is 2. The highest BCUT2D eigenvalue weighted by Gasteiger charge is 2.31. The van der Waals surface area contributed by atoms with Crippen LogP contribution in [0.15, 0.2) is 24.3 Å². The second kappa shape index (κ2) is 6.37. The van der Waals surface area contributed by atoms with Gasteiger partial charge >= 0.3 is 0 Å². The fraction of sp³-hybridized carbons (Fsp3) is 0.667. The summed E-state index contributed by atoms with van der Waals surface area (Å²) in [7, 11) is 0. The van der Waals surface area contributed by atoms with Crippen LogP contribution in [0.2, 0.25) is 0 Å². The van der Waals surface area contributed by atoms with Crippen LogP contribution in [-0.4, -0.2) is 30.4 Å². The monoisotopic (exact) mass is 289 g/mol. The van der Waals surface area contributed by atoms with Gasteiger partial charge < -0.3 is 15.2 Å². The molecule has 1 aliphatic heterocycles. The van der Waals surface area contributed by atoms with Gasteiger partial charge in [-0.25, -0.2) is 0 Å². The zero-order chi connectivity index (χ0) is 14.7. The molecule has 2 N–H and O–H groups in total. The summed E-state index contributed by atoms with van der Waals surface area (Å²) in [6.45, 7) is 4.73. The van der Waals surface area contributed by atoms with E-state index in [9.17, 15) is 5.11 Å². The first-order chi connectivity index (χ1) is 10.2. The Hall–Kier alpha value is -1.06. The quantitative estimate of drug-likeness (QED) is 0.895. The van der Waals surface area contributed by atoms with Gasteiger partial charge in [-0.2, -0.15) is 0 Å². The van der Waals surface area contributed by atoms with E-state index in [0.29, 0.717) is 5.92 Å². The Labute approximate surface area is 127 Å². The molecule has 116 valence electrons. The molecule has 3 heteroatoms. The number of ether oxygens (including phenoxy) is 1. The Balaban J connectivity index is 1.52. The fourth-order valence-electron chi connectivity index (χ4n) is 3.58. The number of nitrogens with one attached hydrogen (secondary N) is 1. The number of aliphatic hydroxyl groups is 1. The molecule has 0 spiro atoms. The lowest BCUT2D eigenvalue weighted by Crippen LogP contribution is -2.44. The minimum absolute atomic E-state index is 0.489. The van der Waals surface area contributed by atoms with E-state index in [0.717, 1.165) is 63.5 Å². The van der Waals surface area contributed by atoms with Crippen LogP contribution in [0.1, 0.15) is 50.5 Å². The van der Waals surface area contributed by atoms with Gasteiger partial charge in [-0.05, 0) is 49.7 Å². The molecule has 1 aromatic rings. The number of para-hydroxylation sites is 1. The summed E-state index contributed by atoms with van der Waals surface area (Å²) in [6, 6.07) is 8.33. The van der Waals surface area contributed by atoms with Gasteiger partial charge in [0, 0.05) is 19.0 Å². The van der Waals surface area contributed by atoms with Crippen molar-refractivity contribution in [3.05, 3.63) is 29.8 Å². The van der Waals surface area contributed by atoms with E-state index in [1.807, 2.05) is 6.07 Å². The summed E-state index contributed by atoms with van der Waals surface area (Å²) in [5.74, 6) is 2.30. The Morgan fingerprint density at radius 2 is 2.00 bits per heavy atom. The molecule has 1 saturated carbocycles. The van der Waals surface area contributed by atoms with Crippen molar-refractivity contribution in [1.82, 2.24) is 5.32 Å². The van der Waals surface area contributed by atoms with E-state index in [-0.39, 0.29) is 0 Å². The van der Waals surface area contributed by atoms with E-state index in [4.69, 9.17) is 4.74 Å². The van der Waals surface area contributed by atoms with Gasteiger partial charge in [0.15, 0.2) is 0 Å². The molecule has 0 saturated heterocycles. The average molecular weight is 289 g/mol. The Morgan fingerprint density at radius 3 is 2.81 bits per heavy atom. The minimum Gasteiger partial charge on any atom is -0.493 e. The van der Waals surface area contributed by atoms with Crippen LogP contribution in [0.3, 0.4) is 0 Å². The maximum atomic E-state index is 10.6. The lowest BCUT2D eigenvalue weighted by atomic mass is 9.79. The maximum absolute atomic E-state index is 10.6. The van der Waals surface area contributed by atoms with Crippen molar-refractivity contribution in [3.63, 3.8) is 0 Å². The van der Waals surface area contributed by atoms with Crippen LogP contribution >= 0.6 is 0 Å². The van der Waals surface area contributed by atoms with E-state index in [1.165, 1.54) is 5.56 Å². The predicted octanol–water partition coefficient (Wildman–Crippen LogP) is 3.08. The summed E-state index contributed by atoms with van der Waals surface area (Å²) >= 11 is 0. The highest BCUT2D eigenvalue weighted by atomic mass is 16.5. The molecule has 21 heavy (non-hydrogen) atoms. The van der Waals surface area contributed by atoms with Crippen molar-refractivity contribution in [2.24, 2.45) is 5.92 Å². The van der Waals surface area contributed by atoms with Crippen molar-refractivity contribution >= 4 is 0 Å². The summed E-state index contributed by atoms with van der Waals surface area (Å²) in [5, 5.41) is 14.1. The smallest absolute Gasteiger partial charge is 0.122 e. The standard InChI is InChI=1S/C18H27NO2/c1-14-6-9-18(20,10-7-14)13-19-12-15-8-11-21-17-5-3-2-4-16(15)17/h2-5,14-15,19-20H,6-13H2,1H3. The lowest BCUT2D eigenvalue weighted by Gasteiger charge is -2.36. The highest BCUT2D eigenvalue weighted by Crippen LogP contribution is 2.34. The van der Waals surface area contributed by atoms with Crippen LogP contribution in [-0.2, 0) is 0 Å². The second-order valence-corrected chi connectivity index (χ2v) is 6.91. The van der Waals surface area contributed by atoms with Crippen molar-refractivity contribution < 1.29 is 9.84 Å². The molecule has 0 radical (unpaired) electrons. The van der Waals surface area contributed by atoms with Crippen molar-refractivity contribution in [1.29, 1.82) is 0 Å². The normalized spacial score (nSPS) is 32.3. The molecule has 1 unspecified atom stereocenters. The molecule has 0 bridgehead atoms.